The molecule has 3 heterocycles. The molecule has 1 fully saturated rings. The molecule has 42 nitrogen and oxygen atoms in total. The monoisotopic (exact) mass is 1890 g/mol. The number of guanidine groups is 1. The predicted octanol–water partition coefficient (Wildman–Crippen LogP) is 8.03. The van der Waals surface area contributed by atoms with Gasteiger partial charge in [0.05, 0.1) is 12.5 Å². The number of ether oxygens (including phenoxy) is 1. The maximum atomic E-state index is 15.4. The molecule has 45 heteroatoms. The Labute approximate surface area is 738 Å². The first-order valence-electron chi connectivity index (χ1n) is 39.8. The fourth-order valence-corrected chi connectivity index (χ4v) is 14.5. The van der Waals surface area contributed by atoms with Gasteiger partial charge in [-0.3, -0.25) is 40.0 Å². The summed E-state index contributed by atoms with van der Waals surface area (Å²) in [6, 6.07) is -1.83. The number of nitrogens with zero attached hydrogens (tertiary/aromatic N) is 14. The molecule has 0 bridgehead atoms. The van der Waals surface area contributed by atoms with Crippen LogP contribution in [0, 0.1) is 27.6 Å². The third-order valence-electron chi connectivity index (χ3n) is 20.8. The standard InChI is InChI=1S/C80H112Br2N20O22S/c1-11-80(7,8)65(99-73(115)57-19-15-31-102(57)76(118)54(94-66(108)41(4)90-39-103)33-45-22-26-48(82)27-23-45)75(117)96-62(40(2)3)74(116)93-53(34-46-36-88-50-17-13-12-16-49(46)50)68(110)91-51(18-14-30-87-79(85)86)67(109)95-55(38-125(121,122)123)70(112)98-64-43(6)124-61(107)37-89-71(113)58(35-60(84)106)101(10)77(119)63(42(5)104)97-69(111)52(32-44-20-24-47(81)25-21-44)92-72(114)56(28-29-59(83)105)100(9)78(64)120/h12-13,16-17,20-27,36,39-43,51-58,62-65,88,104H,11,14-15,18-19,28-35,37-38H2,1-10H3,(H2,83,105)(H2,84,106)(H,89,113)(H,90,103)(H,91,110)(H,92,114)(H,93,116)(H,94,108)(H,95,109)(H,96,117)(H,97,111)(H,98,112)(H,99,115)(H4,85,86,87)(H,121,122,123)/t41-,42+,43-,51-,52-,53-,54+,55-,56-,57-,58+,62+,63+,64+,65-/m1/s1. The quantitative estimate of drug-likeness (QED) is 0.00667. The summed E-state index contributed by atoms with van der Waals surface area (Å²) in [5, 5.41) is 188. The Hall–Kier alpha value is -11.7. The van der Waals surface area contributed by atoms with Gasteiger partial charge in [-0.2, -0.15) is 8.42 Å². The summed E-state index contributed by atoms with van der Waals surface area (Å²) in [6.07, 6.45) is -4.21. The van der Waals surface area contributed by atoms with E-state index in [1.807, 2.05) is 0 Å². The number of H-pyrrole nitrogens is 1. The third kappa shape index (κ3) is 30.3. The number of aliphatic hydroxyl groups is 14. The number of amides is 3. The van der Waals surface area contributed by atoms with Gasteiger partial charge in [0.1, 0.15) is 84.9 Å². The van der Waals surface area contributed by atoms with E-state index < -0.39 is 251 Å². The van der Waals surface area contributed by atoms with E-state index in [4.69, 9.17) is 26.7 Å². The maximum absolute atomic E-state index is 15.4. The fourth-order valence-electron chi connectivity index (χ4n) is 13.3. The summed E-state index contributed by atoms with van der Waals surface area (Å²) >= 11 is 6.75. The number of fused-ring (bicyclic) bond motifs is 1. The predicted molar refractivity (Wildman–Crippen MR) is 482 cm³/mol. The van der Waals surface area contributed by atoms with Crippen molar-refractivity contribution in [2.75, 3.05) is 39.5 Å². The minimum atomic E-state index is -5.42. The van der Waals surface area contributed by atoms with Crippen molar-refractivity contribution in [3.8, 4) is 0 Å². The lowest BCUT2D eigenvalue weighted by molar-refractivity contribution is -0.150. The number of para-hydroxylation sites is 1. The number of aromatic nitrogens is 1. The van der Waals surface area contributed by atoms with Crippen molar-refractivity contribution in [2.45, 2.75) is 217 Å². The second-order valence-corrected chi connectivity index (χ2v) is 34.4. The summed E-state index contributed by atoms with van der Waals surface area (Å²) < 4.78 is 43.8. The van der Waals surface area contributed by atoms with Gasteiger partial charge in [-0.1, -0.05) is 109 Å². The van der Waals surface area contributed by atoms with Crippen LogP contribution in [-0.4, -0.2) is 341 Å². The number of aliphatic hydroxyl groups excluding tert-OH is 14. The summed E-state index contributed by atoms with van der Waals surface area (Å²) in [6.45, 7) is 10.8. The van der Waals surface area contributed by atoms with Crippen LogP contribution < -0.4 is 11.1 Å². The molecular weight excluding hydrogens is 1780 g/mol. The van der Waals surface area contributed by atoms with Crippen molar-refractivity contribution < 1.29 is 108 Å². The number of hydrogen-bond acceptors (Lipinski definition) is 22. The SMILES string of the molecule is CCC(C)(C)[C@H](N=C(O)[C@H]1CCCN1C(=O)[C@H](Cc1ccc(Br)cc1)N=C(O)[C@@H](C)N=CO)C(O)=N[C@H](C(O)=N[C@H](Cc1c[nH]c2ccccc12)C(O)=N[C@H](CCCNC(=N)N)C(O)=N[C@H](CS(=O)(=O)O)C(O)=N[C@@H]1C(=O)N(C)[C@H](CCC(=N)O)C(O)=N[C@H](Cc2ccc(Br)cc2)C(O)=N[C@@H]([C@H](C)O)C(=O)N(C)[C@@H](CC(=N)O)C(O)=NCC(=O)O[C@@H]1C)C(C)C. The first-order chi connectivity index (χ1) is 58.6. The highest BCUT2D eigenvalue weighted by molar-refractivity contribution is 9.10. The molecule has 6 rings (SSSR count). The van der Waals surface area contributed by atoms with E-state index >= 15 is 4.79 Å². The number of carbonyl (C=O) groups is 4. The molecule has 1 aromatic heterocycles. The van der Waals surface area contributed by atoms with Gasteiger partial charge < -0.3 is 107 Å². The van der Waals surface area contributed by atoms with Crippen molar-refractivity contribution in [1.82, 2.24) is 25.0 Å². The molecular formula is C80H112Br2N20O22S. The summed E-state index contributed by atoms with van der Waals surface area (Å²) in [4.78, 5) is 111. The van der Waals surface area contributed by atoms with Crippen LogP contribution in [0.25, 0.3) is 10.9 Å². The van der Waals surface area contributed by atoms with Gasteiger partial charge in [-0.25, -0.2) is 54.9 Å². The van der Waals surface area contributed by atoms with Crippen LogP contribution in [0.3, 0.4) is 0 Å². The Morgan fingerprint density at radius 1 is 0.744 bits per heavy atom. The van der Waals surface area contributed by atoms with Gasteiger partial charge in [0.2, 0.25) is 64.9 Å². The van der Waals surface area contributed by atoms with Crippen LogP contribution in [0.4, 0.5) is 0 Å². The molecule has 125 heavy (non-hydrogen) atoms. The molecule has 22 N–H and O–H groups in total. The van der Waals surface area contributed by atoms with Crippen LogP contribution in [0.15, 0.2) is 143 Å². The lowest BCUT2D eigenvalue weighted by atomic mass is 9.81. The number of esters is 1. The molecule has 684 valence electrons. The minimum absolute atomic E-state index is 0.00504. The van der Waals surface area contributed by atoms with Gasteiger partial charge in [-0.05, 0) is 118 Å². The first-order valence-corrected chi connectivity index (χ1v) is 42.9. The van der Waals surface area contributed by atoms with Crippen molar-refractivity contribution in [1.29, 1.82) is 16.2 Å². The maximum Gasteiger partial charge on any atom is 0.328 e. The number of aromatic amines is 1. The summed E-state index contributed by atoms with van der Waals surface area (Å²) in [7, 11) is -3.38. The number of rotatable bonds is 37. The smallest absolute Gasteiger partial charge is 0.328 e. The highest BCUT2D eigenvalue weighted by Gasteiger charge is 2.43. The molecule has 4 aromatic rings. The largest absolute Gasteiger partial charge is 0.499 e. The average Bonchev–Trinajstić information content (AvgIpc) is 1.78. The first kappa shape index (κ1) is 102. The molecule has 0 spiro atoms. The van der Waals surface area contributed by atoms with Gasteiger partial charge in [0.25, 0.3) is 21.9 Å². The van der Waals surface area contributed by atoms with E-state index in [1.165, 1.54) is 11.8 Å². The van der Waals surface area contributed by atoms with Crippen molar-refractivity contribution >= 4 is 160 Å². The van der Waals surface area contributed by atoms with E-state index in [1.54, 1.807) is 114 Å². The van der Waals surface area contributed by atoms with Crippen molar-refractivity contribution in [3.05, 3.63) is 105 Å². The van der Waals surface area contributed by atoms with Crippen LogP contribution >= 0.6 is 31.9 Å². The van der Waals surface area contributed by atoms with Crippen molar-refractivity contribution in [2.24, 2.45) is 72.0 Å². The normalized spacial score (nSPS) is 21.8. The fraction of sp³-hybridized carbons (Fsp3) is 0.525. The zero-order valence-corrected chi connectivity index (χ0v) is 74.5. The van der Waals surface area contributed by atoms with Crippen LogP contribution in [0.2, 0.25) is 0 Å². The Balaban J connectivity index is 1.53. The number of likely N-dealkylation sites (tertiary alicyclic amines) is 1. The Bertz CT molecular complexity index is 4920. The number of hydrogen-bond donors (Lipinski definition) is 21. The molecule has 2 aliphatic heterocycles. The van der Waals surface area contributed by atoms with Gasteiger partial charge in [-0.15, -0.1) is 0 Å². The van der Waals surface area contributed by atoms with E-state index in [9.17, 15) is 98.8 Å². The zero-order chi connectivity index (χ0) is 93.2. The topological polar surface area (TPSA) is 686 Å². The third-order valence-corrected chi connectivity index (χ3v) is 22.6. The molecule has 2 aliphatic rings. The number of aliphatic imine (C=N–C) groups is 11. The summed E-state index contributed by atoms with van der Waals surface area (Å²) in [5.41, 5.74) is 6.68. The summed E-state index contributed by atoms with van der Waals surface area (Å²) in [5.74, 6) is -19.4. The lowest BCUT2D eigenvalue weighted by Crippen LogP contribution is -2.51. The molecule has 1 saturated heterocycles. The Kier molecular flexibility index (Phi) is 38.3. The van der Waals surface area contributed by atoms with Gasteiger partial charge in [0, 0.05) is 78.9 Å². The molecule has 0 saturated carbocycles. The average molecular weight is 1900 g/mol. The number of likely N-dealkylation sites (N-methyl/N-ethyl adjacent to an activating group) is 2. The van der Waals surface area contributed by atoms with Crippen LogP contribution in [0.5, 0.6) is 0 Å². The van der Waals surface area contributed by atoms with E-state index in [2.05, 4.69) is 97.1 Å². The van der Waals surface area contributed by atoms with Crippen molar-refractivity contribution in [3.63, 3.8) is 0 Å². The lowest BCUT2D eigenvalue weighted by Gasteiger charge is -2.32. The van der Waals surface area contributed by atoms with Gasteiger partial charge in [0.15, 0.2) is 36.2 Å². The highest BCUT2D eigenvalue weighted by Crippen LogP contribution is 2.32. The van der Waals surface area contributed by atoms with Gasteiger partial charge >= 0.3 is 5.97 Å². The molecule has 0 radical (unpaired) electrons. The Morgan fingerprint density at radius 3 is 1.94 bits per heavy atom. The minimum Gasteiger partial charge on any atom is -0.499 e. The number of nitrogens with two attached hydrogens (primary N) is 1. The molecule has 0 aliphatic carbocycles. The van der Waals surface area contributed by atoms with E-state index in [0.29, 0.717) is 61.1 Å². The molecule has 3 aromatic carbocycles. The van der Waals surface area contributed by atoms with E-state index in [0.717, 1.165) is 32.4 Å². The van der Waals surface area contributed by atoms with Crippen LogP contribution in [0.1, 0.15) is 123 Å². The second-order valence-electron chi connectivity index (χ2n) is 31.1. The number of cyclic esters (lactones) is 1. The second kappa shape index (κ2) is 46.9. The number of nitrogens with one attached hydrogen (secondary N) is 5. The number of benzene rings is 3. The number of carbonyl (C=O) groups excluding carboxylic acids is 4. The highest BCUT2D eigenvalue weighted by atomic mass is 79.9. The Morgan fingerprint density at radius 2 is 1.34 bits per heavy atom. The molecule has 15 atom stereocenters. The number of halogens is 2. The van der Waals surface area contributed by atoms with E-state index in [-0.39, 0.29) is 45.2 Å². The van der Waals surface area contributed by atoms with Crippen LogP contribution in [-0.2, 0) is 53.3 Å². The molecule has 3 amide bonds. The molecule has 0 unspecified atom stereocenters. The zero-order valence-electron chi connectivity index (χ0n) is 70.5.